The highest BCUT2D eigenvalue weighted by Crippen LogP contribution is 2.53. The van der Waals surface area contributed by atoms with Gasteiger partial charge in [-0.3, -0.25) is 5.10 Å². The maximum atomic E-state index is 13.2. The van der Waals surface area contributed by atoms with E-state index in [1.54, 1.807) is 22.6 Å². The molecule has 23 heavy (non-hydrogen) atoms. The Bertz CT molecular complexity index is 873. The second-order valence-corrected chi connectivity index (χ2v) is 10.0. The van der Waals surface area contributed by atoms with Crippen LogP contribution < -0.4 is 0 Å². The third-order valence-electron chi connectivity index (χ3n) is 5.23. The SMILES string of the molecule is CC1(C)CC2C[C@@](C)(CN2S(=O)(=O)c2[nH]nc3ncccc23)C1. The molecule has 2 aliphatic rings. The van der Waals surface area contributed by atoms with Gasteiger partial charge in [0.1, 0.15) is 0 Å². The van der Waals surface area contributed by atoms with E-state index < -0.39 is 10.0 Å². The summed E-state index contributed by atoms with van der Waals surface area (Å²) in [6.45, 7) is 7.28. The highest BCUT2D eigenvalue weighted by atomic mass is 32.2. The smallest absolute Gasteiger partial charge is 0.260 e. The lowest BCUT2D eigenvalue weighted by atomic mass is 9.65. The summed E-state index contributed by atoms with van der Waals surface area (Å²) in [6, 6.07) is 3.57. The van der Waals surface area contributed by atoms with Gasteiger partial charge in [0.25, 0.3) is 10.0 Å². The van der Waals surface area contributed by atoms with Crippen molar-refractivity contribution in [3.63, 3.8) is 0 Å². The van der Waals surface area contributed by atoms with Crippen LogP contribution in [0.3, 0.4) is 0 Å². The summed E-state index contributed by atoms with van der Waals surface area (Å²) >= 11 is 0. The van der Waals surface area contributed by atoms with Crippen molar-refractivity contribution in [2.24, 2.45) is 10.8 Å². The maximum Gasteiger partial charge on any atom is 0.260 e. The molecule has 2 fully saturated rings. The topological polar surface area (TPSA) is 79.0 Å². The Balaban J connectivity index is 1.78. The Morgan fingerprint density at radius 1 is 1.30 bits per heavy atom. The number of aromatic nitrogens is 3. The summed E-state index contributed by atoms with van der Waals surface area (Å²) in [5, 5.41) is 7.49. The Morgan fingerprint density at radius 2 is 2.09 bits per heavy atom. The van der Waals surface area contributed by atoms with Crippen molar-refractivity contribution in [2.75, 3.05) is 6.54 Å². The van der Waals surface area contributed by atoms with E-state index in [1.165, 1.54) is 0 Å². The van der Waals surface area contributed by atoms with Gasteiger partial charge in [0.15, 0.2) is 10.7 Å². The van der Waals surface area contributed by atoms with E-state index in [1.807, 2.05) is 0 Å². The first-order chi connectivity index (χ1) is 10.7. The highest BCUT2D eigenvalue weighted by Gasteiger charge is 2.53. The monoisotopic (exact) mass is 334 g/mol. The first-order valence-electron chi connectivity index (χ1n) is 8.01. The maximum absolute atomic E-state index is 13.2. The third kappa shape index (κ3) is 2.29. The van der Waals surface area contributed by atoms with Crippen molar-refractivity contribution >= 4 is 21.1 Å². The van der Waals surface area contributed by atoms with Gasteiger partial charge in [-0.2, -0.15) is 9.40 Å². The number of aromatic amines is 1. The summed E-state index contributed by atoms with van der Waals surface area (Å²) in [7, 11) is -3.59. The fraction of sp³-hybridized carbons (Fsp3) is 0.625. The van der Waals surface area contributed by atoms with Crippen LogP contribution >= 0.6 is 0 Å². The van der Waals surface area contributed by atoms with E-state index in [2.05, 4.69) is 36.0 Å². The number of sulfonamides is 1. The molecule has 3 heterocycles. The summed E-state index contributed by atoms with van der Waals surface area (Å²) in [4.78, 5) is 4.12. The number of nitrogens with zero attached hydrogens (tertiary/aromatic N) is 3. The number of H-pyrrole nitrogens is 1. The average molecular weight is 334 g/mol. The van der Waals surface area contributed by atoms with E-state index in [-0.39, 0.29) is 21.9 Å². The molecule has 6 nitrogen and oxygen atoms in total. The standard InChI is InChI=1S/C16H22N4O2S/c1-15(2)7-11-8-16(3,9-15)10-20(11)23(21,22)14-12-5-4-6-17-13(12)18-19-14/h4-6,11H,7-10H2,1-3H3,(H,17,18,19)/t11?,16-/m1/s1. The van der Waals surface area contributed by atoms with Gasteiger partial charge in [0, 0.05) is 18.8 Å². The predicted octanol–water partition coefficient (Wildman–Crippen LogP) is 2.55. The van der Waals surface area contributed by atoms with Crippen LogP contribution in [0.2, 0.25) is 0 Å². The molecule has 2 aromatic heterocycles. The first-order valence-corrected chi connectivity index (χ1v) is 9.45. The fourth-order valence-corrected chi connectivity index (χ4v) is 6.69. The minimum Gasteiger partial charge on any atom is -0.263 e. The van der Waals surface area contributed by atoms with Crippen molar-refractivity contribution in [3.05, 3.63) is 18.3 Å². The first kappa shape index (κ1) is 15.1. The second kappa shape index (κ2) is 4.54. The predicted molar refractivity (Wildman–Crippen MR) is 87.3 cm³/mol. The van der Waals surface area contributed by atoms with Gasteiger partial charge >= 0.3 is 0 Å². The van der Waals surface area contributed by atoms with Gasteiger partial charge in [-0.1, -0.05) is 20.8 Å². The molecule has 2 aromatic rings. The van der Waals surface area contributed by atoms with Crippen molar-refractivity contribution in [3.8, 4) is 0 Å². The van der Waals surface area contributed by atoms with Crippen LogP contribution in [0.15, 0.2) is 23.4 Å². The second-order valence-electron chi connectivity index (χ2n) is 8.19. The van der Waals surface area contributed by atoms with Crippen LogP contribution in [-0.4, -0.2) is 40.5 Å². The number of nitrogens with one attached hydrogen (secondary N) is 1. The van der Waals surface area contributed by atoms with E-state index in [0.29, 0.717) is 17.6 Å². The van der Waals surface area contributed by atoms with Crippen molar-refractivity contribution in [1.82, 2.24) is 19.5 Å². The molecule has 1 saturated heterocycles. The Kier molecular flexibility index (Phi) is 2.98. The molecule has 4 rings (SSSR count). The molecule has 0 amide bonds. The summed E-state index contributed by atoms with van der Waals surface area (Å²) in [5.41, 5.74) is 0.687. The normalized spacial score (nSPS) is 30.8. The lowest BCUT2D eigenvalue weighted by Crippen LogP contribution is -2.37. The quantitative estimate of drug-likeness (QED) is 0.915. The molecule has 1 unspecified atom stereocenters. The van der Waals surface area contributed by atoms with Crippen LogP contribution in [0.25, 0.3) is 11.0 Å². The lowest BCUT2D eigenvalue weighted by Gasteiger charge is -2.39. The van der Waals surface area contributed by atoms with Crippen LogP contribution in [-0.2, 0) is 10.0 Å². The molecular formula is C16H22N4O2S. The minimum atomic E-state index is -3.59. The van der Waals surface area contributed by atoms with Gasteiger partial charge in [0.2, 0.25) is 0 Å². The minimum absolute atomic E-state index is 0.0631. The molecule has 7 heteroatoms. The average Bonchev–Trinajstić information content (AvgIpc) is 2.97. The Hall–Kier alpha value is -1.47. The molecule has 2 bridgehead atoms. The van der Waals surface area contributed by atoms with E-state index in [0.717, 1.165) is 19.3 Å². The lowest BCUT2D eigenvalue weighted by molar-refractivity contribution is 0.133. The van der Waals surface area contributed by atoms with Crippen LogP contribution in [0, 0.1) is 10.8 Å². The van der Waals surface area contributed by atoms with Gasteiger partial charge in [-0.25, -0.2) is 13.4 Å². The highest BCUT2D eigenvalue weighted by molar-refractivity contribution is 7.89. The Labute approximate surface area is 136 Å². The molecule has 1 aliphatic carbocycles. The van der Waals surface area contributed by atoms with E-state index in [9.17, 15) is 8.42 Å². The summed E-state index contributed by atoms with van der Waals surface area (Å²) in [5.74, 6) is 0. The number of rotatable bonds is 2. The summed E-state index contributed by atoms with van der Waals surface area (Å²) < 4.78 is 28.2. The molecular weight excluding hydrogens is 312 g/mol. The molecule has 124 valence electrons. The van der Waals surface area contributed by atoms with Gasteiger partial charge in [-0.05, 0) is 42.2 Å². The summed E-state index contributed by atoms with van der Waals surface area (Å²) in [6.07, 6.45) is 4.53. The fourth-order valence-electron chi connectivity index (χ4n) is 4.83. The number of fused-ring (bicyclic) bond motifs is 3. The largest absolute Gasteiger partial charge is 0.263 e. The van der Waals surface area contributed by atoms with Crippen molar-refractivity contribution in [1.29, 1.82) is 0 Å². The molecule has 2 atom stereocenters. The van der Waals surface area contributed by atoms with Crippen LogP contribution in [0.4, 0.5) is 0 Å². The van der Waals surface area contributed by atoms with E-state index >= 15 is 0 Å². The molecule has 0 aromatic carbocycles. The molecule has 1 saturated carbocycles. The van der Waals surface area contributed by atoms with Gasteiger partial charge in [0.05, 0.1) is 5.39 Å². The van der Waals surface area contributed by atoms with Crippen LogP contribution in [0.1, 0.15) is 40.0 Å². The van der Waals surface area contributed by atoms with Crippen LogP contribution in [0.5, 0.6) is 0 Å². The molecule has 1 aliphatic heterocycles. The Morgan fingerprint density at radius 3 is 2.87 bits per heavy atom. The number of hydrogen-bond donors (Lipinski definition) is 1. The number of hydrogen-bond acceptors (Lipinski definition) is 4. The zero-order valence-corrected chi connectivity index (χ0v) is 14.5. The van der Waals surface area contributed by atoms with Gasteiger partial charge < -0.3 is 0 Å². The van der Waals surface area contributed by atoms with Crippen molar-refractivity contribution < 1.29 is 8.42 Å². The van der Waals surface area contributed by atoms with E-state index in [4.69, 9.17) is 0 Å². The third-order valence-corrected chi connectivity index (χ3v) is 7.10. The molecule has 1 N–H and O–H groups in total. The van der Waals surface area contributed by atoms with Crippen molar-refractivity contribution in [2.45, 2.75) is 51.1 Å². The zero-order valence-electron chi connectivity index (χ0n) is 13.7. The van der Waals surface area contributed by atoms with Gasteiger partial charge in [-0.15, -0.1) is 0 Å². The molecule has 0 spiro atoms. The molecule has 0 radical (unpaired) electrons. The number of pyridine rings is 1. The zero-order chi connectivity index (χ0) is 16.5.